The maximum absolute atomic E-state index is 12.1. The second kappa shape index (κ2) is 6.55. The van der Waals surface area contributed by atoms with Crippen molar-refractivity contribution in [2.75, 3.05) is 13.1 Å². The average Bonchev–Trinajstić information content (AvgIpc) is 3.28. The van der Waals surface area contributed by atoms with Gasteiger partial charge in [0.05, 0.1) is 4.90 Å². The highest BCUT2D eigenvalue weighted by atomic mass is 32.2. The fourth-order valence-corrected chi connectivity index (χ4v) is 3.13. The van der Waals surface area contributed by atoms with Crippen LogP contribution in [0.1, 0.15) is 24.0 Å². The van der Waals surface area contributed by atoms with Crippen LogP contribution in [-0.4, -0.2) is 27.4 Å². The Hall–Kier alpha value is -1.44. The van der Waals surface area contributed by atoms with Gasteiger partial charge in [-0.2, -0.15) is 0 Å². The van der Waals surface area contributed by atoms with Crippen LogP contribution in [0.5, 0.6) is 0 Å². The number of carbonyl (C=O) groups excluding carboxylic acids is 1. The van der Waals surface area contributed by atoms with E-state index in [9.17, 15) is 13.2 Å². The molecule has 0 spiro atoms. The molecule has 0 atom stereocenters. The van der Waals surface area contributed by atoms with Crippen LogP contribution in [0.15, 0.2) is 23.1 Å². The van der Waals surface area contributed by atoms with E-state index in [0.29, 0.717) is 13.1 Å². The molecule has 1 aromatic rings. The Labute approximate surface area is 125 Å². The minimum Gasteiger partial charge on any atom is -0.355 e. The molecule has 1 aromatic carbocycles. The van der Waals surface area contributed by atoms with E-state index < -0.39 is 10.0 Å². The van der Waals surface area contributed by atoms with Crippen molar-refractivity contribution in [3.8, 4) is 0 Å². The first-order valence-corrected chi connectivity index (χ1v) is 8.49. The highest BCUT2D eigenvalue weighted by Gasteiger charge is 2.29. The van der Waals surface area contributed by atoms with Gasteiger partial charge in [-0.3, -0.25) is 4.79 Å². The molecule has 0 aromatic heterocycles. The van der Waals surface area contributed by atoms with Crippen molar-refractivity contribution in [1.82, 2.24) is 10.0 Å². The van der Waals surface area contributed by atoms with E-state index in [-0.39, 0.29) is 23.3 Å². The zero-order chi connectivity index (χ0) is 15.5. The van der Waals surface area contributed by atoms with E-state index in [0.717, 1.165) is 24.0 Å². The minimum atomic E-state index is -3.55. The fraction of sp³-hybridized carbons (Fsp3) is 0.500. The van der Waals surface area contributed by atoms with Crippen molar-refractivity contribution in [1.29, 1.82) is 0 Å². The summed E-state index contributed by atoms with van der Waals surface area (Å²) >= 11 is 0. The van der Waals surface area contributed by atoms with Crippen LogP contribution in [0.25, 0.3) is 0 Å². The molecule has 1 aliphatic rings. The van der Waals surface area contributed by atoms with Crippen LogP contribution in [0.2, 0.25) is 0 Å². The Morgan fingerprint density at radius 3 is 2.62 bits per heavy atom. The maximum Gasteiger partial charge on any atom is 0.240 e. The summed E-state index contributed by atoms with van der Waals surface area (Å²) < 4.78 is 26.7. The van der Waals surface area contributed by atoms with Gasteiger partial charge in [0.1, 0.15) is 0 Å². The zero-order valence-corrected chi connectivity index (χ0v) is 12.9. The van der Waals surface area contributed by atoms with Gasteiger partial charge in [0.2, 0.25) is 15.9 Å². The monoisotopic (exact) mass is 311 g/mol. The first kappa shape index (κ1) is 15.9. The summed E-state index contributed by atoms with van der Waals surface area (Å²) in [6.45, 7) is 2.69. The number of benzene rings is 1. The van der Waals surface area contributed by atoms with Gasteiger partial charge >= 0.3 is 0 Å². The molecule has 0 radical (unpaired) electrons. The molecular weight excluding hydrogens is 290 g/mol. The second-order valence-corrected chi connectivity index (χ2v) is 7.02. The Bertz CT molecular complexity index is 624. The molecule has 21 heavy (non-hydrogen) atoms. The number of nitrogens with two attached hydrogens (primary N) is 1. The van der Waals surface area contributed by atoms with Crippen molar-refractivity contribution < 1.29 is 13.2 Å². The molecule has 7 heteroatoms. The van der Waals surface area contributed by atoms with Crippen molar-refractivity contribution in [2.24, 2.45) is 11.7 Å². The van der Waals surface area contributed by atoms with E-state index in [1.807, 2.05) is 6.92 Å². The summed E-state index contributed by atoms with van der Waals surface area (Å²) in [4.78, 5) is 11.6. The molecule has 2 rings (SSSR count). The van der Waals surface area contributed by atoms with E-state index in [1.165, 1.54) is 0 Å². The van der Waals surface area contributed by atoms with Crippen molar-refractivity contribution in [3.63, 3.8) is 0 Å². The Morgan fingerprint density at radius 2 is 2.05 bits per heavy atom. The van der Waals surface area contributed by atoms with Gasteiger partial charge in [-0.1, -0.05) is 6.07 Å². The molecule has 4 N–H and O–H groups in total. The van der Waals surface area contributed by atoms with Crippen LogP contribution in [0.4, 0.5) is 0 Å². The molecule has 6 nitrogen and oxygen atoms in total. The Balaban J connectivity index is 1.88. The lowest BCUT2D eigenvalue weighted by Gasteiger charge is -2.10. The quantitative estimate of drug-likeness (QED) is 0.629. The summed E-state index contributed by atoms with van der Waals surface area (Å²) in [6.07, 6.45) is 1.87. The first-order valence-electron chi connectivity index (χ1n) is 7.01. The van der Waals surface area contributed by atoms with Crippen LogP contribution in [0.3, 0.4) is 0 Å². The van der Waals surface area contributed by atoms with E-state index in [2.05, 4.69) is 10.0 Å². The normalized spacial score (nSPS) is 15.0. The van der Waals surface area contributed by atoms with Gasteiger partial charge in [-0.05, 0) is 43.0 Å². The fourth-order valence-electron chi connectivity index (χ4n) is 2.01. The van der Waals surface area contributed by atoms with Crippen molar-refractivity contribution >= 4 is 15.9 Å². The SMILES string of the molecule is Cc1cc(S(=O)(=O)NCCNC(=O)C2CC2)ccc1CN. The number of carbonyl (C=O) groups is 1. The minimum absolute atomic E-state index is 0.0114. The first-order chi connectivity index (χ1) is 9.94. The van der Waals surface area contributed by atoms with Gasteiger partial charge < -0.3 is 11.1 Å². The second-order valence-electron chi connectivity index (χ2n) is 5.26. The molecular formula is C14H21N3O3S. The summed E-state index contributed by atoms with van der Waals surface area (Å²) in [7, 11) is -3.55. The van der Waals surface area contributed by atoms with Crippen LogP contribution < -0.4 is 15.8 Å². The summed E-state index contributed by atoms with van der Waals surface area (Å²) in [6, 6.07) is 4.87. The molecule has 0 heterocycles. The largest absolute Gasteiger partial charge is 0.355 e. The standard InChI is InChI=1S/C14H21N3O3S/c1-10-8-13(5-4-12(10)9-15)21(19,20)17-7-6-16-14(18)11-2-3-11/h4-5,8,11,17H,2-3,6-7,9,15H2,1H3,(H,16,18). The molecule has 0 saturated heterocycles. The van der Waals surface area contributed by atoms with E-state index >= 15 is 0 Å². The van der Waals surface area contributed by atoms with Gasteiger partial charge in [-0.25, -0.2) is 13.1 Å². The van der Waals surface area contributed by atoms with Gasteiger partial charge in [0, 0.05) is 25.6 Å². The van der Waals surface area contributed by atoms with Crippen LogP contribution in [-0.2, 0) is 21.4 Å². The summed E-state index contributed by atoms with van der Waals surface area (Å²) in [5.74, 6) is 0.144. The van der Waals surface area contributed by atoms with E-state index in [1.54, 1.807) is 18.2 Å². The third-order valence-corrected chi connectivity index (χ3v) is 4.97. The lowest BCUT2D eigenvalue weighted by atomic mass is 10.1. The van der Waals surface area contributed by atoms with Gasteiger partial charge in [0.15, 0.2) is 0 Å². The highest BCUT2D eigenvalue weighted by Crippen LogP contribution is 2.28. The highest BCUT2D eigenvalue weighted by molar-refractivity contribution is 7.89. The number of rotatable bonds is 7. The number of amides is 1. The average molecular weight is 311 g/mol. The predicted molar refractivity (Wildman–Crippen MR) is 80.0 cm³/mol. The van der Waals surface area contributed by atoms with Crippen LogP contribution >= 0.6 is 0 Å². The predicted octanol–water partition coefficient (Wildman–Crippen LogP) is 0.258. The third-order valence-electron chi connectivity index (χ3n) is 3.51. The molecule has 1 amide bonds. The molecule has 1 aliphatic carbocycles. The molecule has 0 unspecified atom stereocenters. The molecule has 116 valence electrons. The molecule has 1 saturated carbocycles. The molecule has 1 fully saturated rings. The lowest BCUT2D eigenvalue weighted by Crippen LogP contribution is -2.35. The number of nitrogens with one attached hydrogen (secondary N) is 2. The maximum atomic E-state index is 12.1. The van der Waals surface area contributed by atoms with Gasteiger partial charge in [0.25, 0.3) is 0 Å². The molecule has 0 aliphatic heterocycles. The topological polar surface area (TPSA) is 101 Å². The Morgan fingerprint density at radius 1 is 1.33 bits per heavy atom. The summed E-state index contributed by atoms with van der Waals surface area (Å²) in [5, 5.41) is 2.72. The smallest absolute Gasteiger partial charge is 0.240 e. The number of hydrogen-bond donors (Lipinski definition) is 3. The third kappa shape index (κ3) is 4.26. The van der Waals surface area contributed by atoms with Crippen molar-refractivity contribution in [2.45, 2.75) is 31.2 Å². The van der Waals surface area contributed by atoms with Crippen molar-refractivity contribution in [3.05, 3.63) is 29.3 Å². The zero-order valence-electron chi connectivity index (χ0n) is 12.1. The number of aryl methyl sites for hydroxylation is 1. The Kier molecular flexibility index (Phi) is 4.97. The van der Waals surface area contributed by atoms with Gasteiger partial charge in [-0.15, -0.1) is 0 Å². The lowest BCUT2D eigenvalue weighted by molar-refractivity contribution is -0.122. The molecule has 0 bridgehead atoms. The number of hydrogen-bond acceptors (Lipinski definition) is 4. The van der Waals surface area contributed by atoms with Crippen LogP contribution in [0, 0.1) is 12.8 Å². The summed E-state index contributed by atoms with van der Waals surface area (Å²) in [5.41, 5.74) is 7.33. The van der Waals surface area contributed by atoms with E-state index in [4.69, 9.17) is 5.73 Å². The number of sulfonamides is 1.